The van der Waals surface area contributed by atoms with Crippen LogP contribution in [0.4, 0.5) is 0 Å². The number of piperazine rings is 1. The molecule has 0 aliphatic carbocycles. The molecule has 27 heteroatoms. The lowest BCUT2D eigenvalue weighted by Gasteiger charge is -2.42. The molecule has 2 rings (SSSR count). The highest BCUT2D eigenvalue weighted by Crippen LogP contribution is 2.26. The minimum atomic E-state index is -1.65. The Morgan fingerprint density at radius 3 is 1.47 bits per heavy atom. The number of methoxy groups -OCH3 is 2. The molecule has 0 aromatic heterocycles. The van der Waals surface area contributed by atoms with Crippen molar-refractivity contribution >= 4 is 65.0 Å². The normalized spacial score (nSPS) is 27.5. The van der Waals surface area contributed by atoms with E-state index < -0.39 is 161 Å². The fourth-order valence-corrected chi connectivity index (χ4v) is 12.7. The van der Waals surface area contributed by atoms with Crippen molar-refractivity contribution in [2.45, 2.75) is 228 Å². The van der Waals surface area contributed by atoms with Gasteiger partial charge in [0.25, 0.3) is 0 Å². The van der Waals surface area contributed by atoms with Gasteiger partial charge >= 0.3 is 0 Å². The van der Waals surface area contributed by atoms with Crippen molar-refractivity contribution in [2.75, 3.05) is 109 Å². The standard InChI is InChI=1S/C70H127N13O14/c1-26-28-29-46(13)59(84)58-63(88)73-50(27-2)66(91)75(17)49(16)65(90)80(22)57(54(97-25)40-83-34-32-82(33-35-83)36-37-96-24)62(87)74-55(44(9)10)69(94)76(18)51(31-30-41(3)4)61(86)71-47(14)60(85)72-48(15)64(89)77(19)52(38-42(5)6)67(92)78(20)53(39-43(7)8)68(93)79(21)56(45(11)12)70(95)81(58)23/h26,28,41-59,84H,27,29-40H2,1-25H3,(H,71,86)(H,72,85)(H,73,88)(H,74,87)/b28-26+/t46-,47+,48-,49-,50+,51+,52+,53+,54+,55+,56+,57+,58+,59-/m1/s1. The predicted molar refractivity (Wildman–Crippen MR) is 374 cm³/mol. The minimum absolute atomic E-state index is 0.0147. The van der Waals surface area contributed by atoms with Crippen LogP contribution >= 0.6 is 0 Å². The Kier molecular flexibility index (Phi) is 36.4. The summed E-state index contributed by atoms with van der Waals surface area (Å²) < 4.78 is 11.5. The van der Waals surface area contributed by atoms with Gasteiger partial charge in [0, 0.05) is 103 Å². The zero-order valence-corrected chi connectivity index (χ0v) is 63.6. The predicted octanol–water partition coefficient (Wildman–Crippen LogP) is 2.28. The number of hydrogen-bond donors (Lipinski definition) is 5. The van der Waals surface area contributed by atoms with Gasteiger partial charge in [-0.25, -0.2) is 0 Å². The average molecular weight is 1370 g/mol. The van der Waals surface area contributed by atoms with Gasteiger partial charge in [0.2, 0.25) is 65.0 Å². The maximum Gasteiger partial charge on any atom is 0.246 e. The second-order valence-corrected chi connectivity index (χ2v) is 29.0. The Morgan fingerprint density at radius 1 is 0.505 bits per heavy atom. The van der Waals surface area contributed by atoms with Gasteiger partial charge in [-0.2, -0.15) is 0 Å². The van der Waals surface area contributed by atoms with E-state index in [1.165, 1.54) is 102 Å². The number of hydrogen-bond acceptors (Lipinski definition) is 16. The van der Waals surface area contributed by atoms with Crippen LogP contribution in [-0.2, 0) is 62.2 Å². The number of rotatable bonds is 21. The van der Waals surface area contributed by atoms with E-state index >= 15 is 33.6 Å². The van der Waals surface area contributed by atoms with E-state index in [1.807, 2.05) is 47.6 Å². The Balaban J connectivity index is 3.09. The van der Waals surface area contributed by atoms with Crippen LogP contribution in [0.1, 0.15) is 149 Å². The Hall–Kier alpha value is -6.29. The summed E-state index contributed by atoms with van der Waals surface area (Å²) in [7, 11) is 13.0. The highest BCUT2D eigenvalue weighted by atomic mass is 16.5. The third-order valence-corrected chi connectivity index (χ3v) is 19.3. The molecule has 0 spiro atoms. The molecule has 97 heavy (non-hydrogen) atoms. The smallest absolute Gasteiger partial charge is 0.246 e. The van der Waals surface area contributed by atoms with Crippen LogP contribution in [0, 0.1) is 35.5 Å². The molecule has 0 saturated carbocycles. The first kappa shape index (κ1) is 86.8. The average Bonchev–Trinajstić information content (AvgIpc) is 0.847. The maximum absolute atomic E-state index is 15.4. The SMILES string of the molecule is C/C=C/C[C@@H](C)[C@@H](O)[C@H]1C(=O)N[C@@H](CC)C(=O)N(C)[C@H](C)C(=O)N(C)[C@@H]([C@H](CN2CCN(CCOC)CC2)OC)C(=O)N[C@@H](C(C)C)C(=O)N(C)[C@@H](CCC(C)C)C(=O)N[C@@H](C)C(=O)N[C@H](C)C(=O)N(C)[C@@H](CC(C)C)C(=O)N(C)[C@@H](CC(C)C)C(=O)N(C)[C@@H](C(C)C)C(=O)N1C. The van der Waals surface area contributed by atoms with Crippen molar-refractivity contribution in [1.29, 1.82) is 0 Å². The molecule has 2 aliphatic rings. The summed E-state index contributed by atoms with van der Waals surface area (Å²) in [5.74, 6) is -9.84. The first-order valence-corrected chi connectivity index (χ1v) is 35.0. The lowest BCUT2D eigenvalue weighted by atomic mass is 9.91. The van der Waals surface area contributed by atoms with E-state index in [9.17, 15) is 24.3 Å². The highest BCUT2D eigenvalue weighted by Gasteiger charge is 2.47. The molecule has 0 aromatic rings. The Morgan fingerprint density at radius 2 is 0.990 bits per heavy atom. The van der Waals surface area contributed by atoms with Gasteiger partial charge in [0.1, 0.15) is 66.5 Å². The quantitative estimate of drug-likeness (QED) is 0.103. The third kappa shape index (κ3) is 24.2. The van der Waals surface area contributed by atoms with Crippen LogP contribution < -0.4 is 21.3 Å². The highest BCUT2D eigenvalue weighted by molar-refractivity contribution is 6.00. The number of aliphatic hydroxyl groups is 1. The van der Waals surface area contributed by atoms with Crippen molar-refractivity contribution in [1.82, 2.24) is 65.4 Å². The number of likely N-dealkylation sites (N-methyl/N-ethyl adjacent to an activating group) is 7. The molecule has 5 N–H and O–H groups in total. The molecule has 0 unspecified atom stereocenters. The van der Waals surface area contributed by atoms with Crippen molar-refractivity contribution in [3.05, 3.63) is 12.2 Å². The van der Waals surface area contributed by atoms with Crippen LogP contribution in [0.25, 0.3) is 0 Å². The number of ether oxygens (including phenoxy) is 2. The minimum Gasteiger partial charge on any atom is -0.390 e. The second-order valence-electron chi connectivity index (χ2n) is 29.0. The van der Waals surface area contributed by atoms with Crippen LogP contribution in [0.5, 0.6) is 0 Å². The van der Waals surface area contributed by atoms with Crippen LogP contribution in [0.3, 0.4) is 0 Å². The van der Waals surface area contributed by atoms with Gasteiger partial charge in [-0.3, -0.25) is 62.5 Å². The summed E-state index contributed by atoms with van der Waals surface area (Å²) in [6.07, 6.45) is 2.23. The Bertz CT molecular complexity index is 2630. The summed E-state index contributed by atoms with van der Waals surface area (Å²) in [4.78, 5) is 177. The summed E-state index contributed by atoms with van der Waals surface area (Å²) in [5.41, 5.74) is 0. The fourth-order valence-electron chi connectivity index (χ4n) is 12.7. The van der Waals surface area contributed by atoms with E-state index in [1.54, 1.807) is 61.7 Å². The molecule has 2 fully saturated rings. The summed E-state index contributed by atoms with van der Waals surface area (Å²) >= 11 is 0. The van der Waals surface area contributed by atoms with E-state index in [2.05, 4.69) is 31.1 Å². The number of nitrogens with zero attached hydrogens (tertiary/aromatic N) is 9. The van der Waals surface area contributed by atoms with Crippen molar-refractivity contribution < 1.29 is 67.3 Å². The summed E-state index contributed by atoms with van der Waals surface area (Å²) in [5, 5.41) is 23.4. The zero-order chi connectivity index (χ0) is 74.4. The fraction of sp³-hybridized carbons (Fsp3) is 0.814. The topological polar surface area (TPSA) is 304 Å². The zero-order valence-electron chi connectivity index (χ0n) is 63.6. The molecule has 2 heterocycles. The van der Waals surface area contributed by atoms with E-state index in [0.717, 1.165) is 16.3 Å². The van der Waals surface area contributed by atoms with Gasteiger partial charge in [0.05, 0.1) is 18.8 Å². The molecule has 2 saturated heterocycles. The van der Waals surface area contributed by atoms with Crippen molar-refractivity contribution in [3.63, 3.8) is 0 Å². The molecular weight excluding hydrogens is 1250 g/mol. The van der Waals surface area contributed by atoms with Crippen LogP contribution in [0.15, 0.2) is 12.2 Å². The molecule has 0 bridgehead atoms. The molecule has 2 aliphatic heterocycles. The molecule has 11 amide bonds. The molecule has 27 nitrogen and oxygen atoms in total. The number of carbonyl (C=O) groups is 11. The first-order valence-electron chi connectivity index (χ1n) is 35.0. The van der Waals surface area contributed by atoms with E-state index in [0.29, 0.717) is 45.6 Å². The molecular formula is C70H127N13O14. The number of nitrogens with one attached hydrogen (secondary N) is 4. The number of amides is 11. The first-order chi connectivity index (χ1) is 45.2. The number of allylic oxidation sites excluding steroid dienone is 2. The molecule has 14 atom stereocenters. The largest absolute Gasteiger partial charge is 0.390 e. The Labute approximate surface area is 580 Å². The maximum atomic E-state index is 15.4. The van der Waals surface area contributed by atoms with Gasteiger partial charge in [-0.15, -0.1) is 0 Å². The van der Waals surface area contributed by atoms with E-state index in [4.69, 9.17) is 9.47 Å². The number of carbonyl (C=O) groups excluding carboxylic acids is 11. The molecule has 0 radical (unpaired) electrons. The van der Waals surface area contributed by atoms with Crippen LogP contribution in [-0.4, -0.2) is 302 Å². The van der Waals surface area contributed by atoms with Crippen molar-refractivity contribution in [2.24, 2.45) is 35.5 Å². The van der Waals surface area contributed by atoms with Gasteiger partial charge in [-0.05, 0) is 102 Å². The lowest BCUT2D eigenvalue weighted by Crippen LogP contribution is -2.64. The third-order valence-electron chi connectivity index (χ3n) is 19.3. The summed E-state index contributed by atoms with van der Waals surface area (Å²) in [6, 6.07) is -14.3. The van der Waals surface area contributed by atoms with Gasteiger partial charge in [-0.1, -0.05) is 95.2 Å². The molecule has 556 valence electrons. The van der Waals surface area contributed by atoms with Crippen molar-refractivity contribution in [3.8, 4) is 0 Å². The van der Waals surface area contributed by atoms with Crippen LogP contribution in [0.2, 0.25) is 0 Å². The van der Waals surface area contributed by atoms with Gasteiger partial charge < -0.3 is 70.1 Å². The second kappa shape index (κ2) is 40.7. The lowest BCUT2D eigenvalue weighted by molar-refractivity contribution is -0.157. The molecule has 0 aromatic carbocycles. The summed E-state index contributed by atoms with van der Waals surface area (Å²) in [6.45, 7) is 31.8. The number of aliphatic hydroxyl groups excluding tert-OH is 1. The van der Waals surface area contributed by atoms with Gasteiger partial charge in [0.15, 0.2) is 0 Å². The monoisotopic (exact) mass is 1370 g/mol. The van der Waals surface area contributed by atoms with E-state index in [-0.39, 0.29) is 50.0 Å².